The molecule has 0 bridgehead atoms. The van der Waals surface area contributed by atoms with Gasteiger partial charge >= 0.3 is 0 Å². The zero-order chi connectivity index (χ0) is 22.2. The highest BCUT2D eigenvalue weighted by Crippen LogP contribution is 2.22. The van der Waals surface area contributed by atoms with Crippen LogP contribution in [-0.2, 0) is 11.3 Å². The molecule has 2 aliphatic rings. The van der Waals surface area contributed by atoms with Crippen molar-refractivity contribution >= 4 is 5.91 Å². The van der Waals surface area contributed by atoms with E-state index >= 15 is 0 Å². The van der Waals surface area contributed by atoms with Crippen LogP contribution >= 0.6 is 0 Å². The summed E-state index contributed by atoms with van der Waals surface area (Å²) in [6.45, 7) is 7.28. The Morgan fingerprint density at radius 1 is 1.03 bits per heavy atom. The summed E-state index contributed by atoms with van der Waals surface area (Å²) >= 11 is 0. The van der Waals surface area contributed by atoms with Crippen LogP contribution in [0.15, 0.2) is 48.7 Å². The molecule has 2 saturated heterocycles. The molecule has 0 saturated carbocycles. The maximum Gasteiger partial charge on any atom is 0.253 e. The van der Waals surface area contributed by atoms with Gasteiger partial charge in [-0.3, -0.25) is 14.7 Å². The van der Waals surface area contributed by atoms with Gasteiger partial charge in [0.05, 0.1) is 11.8 Å². The van der Waals surface area contributed by atoms with Crippen molar-refractivity contribution in [3.05, 3.63) is 59.9 Å². The first-order chi connectivity index (χ1) is 15.7. The molecule has 0 aliphatic carbocycles. The maximum atomic E-state index is 12.9. The van der Waals surface area contributed by atoms with Gasteiger partial charge in [-0.15, -0.1) is 0 Å². The van der Waals surface area contributed by atoms with E-state index in [1.54, 1.807) is 0 Å². The first-order valence-corrected chi connectivity index (χ1v) is 12.0. The lowest BCUT2D eigenvalue weighted by atomic mass is 10.1. The number of pyridine rings is 1. The molecule has 2 fully saturated rings. The van der Waals surface area contributed by atoms with Gasteiger partial charge in [-0.1, -0.05) is 13.0 Å². The fourth-order valence-electron chi connectivity index (χ4n) is 4.50. The lowest BCUT2D eigenvalue weighted by molar-refractivity contribution is 0.00211. The third kappa shape index (κ3) is 6.30. The molecule has 1 amide bonds. The number of carbonyl (C=O) groups is 1. The van der Waals surface area contributed by atoms with Crippen LogP contribution in [0.3, 0.4) is 0 Å². The van der Waals surface area contributed by atoms with Gasteiger partial charge in [-0.05, 0) is 68.5 Å². The summed E-state index contributed by atoms with van der Waals surface area (Å²) < 4.78 is 12.1. The number of aromatic nitrogens is 1. The van der Waals surface area contributed by atoms with Gasteiger partial charge in [-0.25, -0.2) is 0 Å². The monoisotopic (exact) mass is 437 g/mol. The minimum atomic E-state index is 0.0872. The van der Waals surface area contributed by atoms with Crippen LogP contribution in [0.1, 0.15) is 55.1 Å². The number of benzene rings is 1. The Hall–Kier alpha value is -2.44. The normalized spacial score (nSPS) is 20.3. The average molecular weight is 438 g/mol. The van der Waals surface area contributed by atoms with E-state index in [0.29, 0.717) is 6.54 Å². The summed E-state index contributed by atoms with van der Waals surface area (Å²) in [7, 11) is 0. The molecular weight excluding hydrogens is 402 g/mol. The Balaban J connectivity index is 1.24. The number of piperidine rings is 2. The smallest absolute Gasteiger partial charge is 0.253 e. The van der Waals surface area contributed by atoms with Crippen molar-refractivity contribution in [2.75, 3.05) is 32.8 Å². The average Bonchev–Trinajstić information content (AvgIpc) is 2.85. The second-order valence-electron chi connectivity index (χ2n) is 8.83. The van der Waals surface area contributed by atoms with Crippen LogP contribution in [-0.4, -0.2) is 65.7 Å². The number of hydrogen-bond acceptors (Lipinski definition) is 5. The summed E-state index contributed by atoms with van der Waals surface area (Å²) in [5.74, 6) is 0.928. The van der Waals surface area contributed by atoms with E-state index in [9.17, 15) is 4.79 Å². The highest BCUT2D eigenvalue weighted by molar-refractivity contribution is 5.94. The van der Waals surface area contributed by atoms with Gasteiger partial charge in [0, 0.05) is 51.1 Å². The van der Waals surface area contributed by atoms with Crippen LogP contribution in [0.5, 0.6) is 5.75 Å². The minimum Gasteiger partial charge on any atom is -0.490 e. The van der Waals surface area contributed by atoms with Crippen LogP contribution < -0.4 is 4.74 Å². The van der Waals surface area contributed by atoms with Crippen LogP contribution in [0.4, 0.5) is 0 Å². The molecule has 0 radical (unpaired) electrons. The van der Waals surface area contributed by atoms with Crippen LogP contribution in [0.25, 0.3) is 0 Å². The Kier molecular flexibility index (Phi) is 8.13. The molecule has 1 aromatic heterocycles. The van der Waals surface area contributed by atoms with E-state index in [1.165, 1.54) is 0 Å². The highest BCUT2D eigenvalue weighted by Gasteiger charge is 2.25. The van der Waals surface area contributed by atoms with E-state index in [4.69, 9.17) is 9.47 Å². The van der Waals surface area contributed by atoms with Gasteiger partial charge in [0.1, 0.15) is 11.9 Å². The number of amides is 1. The van der Waals surface area contributed by atoms with Crippen LogP contribution in [0, 0.1) is 0 Å². The molecule has 32 heavy (non-hydrogen) atoms. The number of ether oxygens (including phenoxy) is 2. The van der Waals surface area contributed by atoms with Gasteiger partial charge in [0.2, 0.25) is 0 Å². The predicted octanol–water partition coefficient (Wildman–Crippen LogP) is 4.16. The van der Waals surface area contributed by atoms with E-state index < -0.39 is 0 Å². The van der Waals surface area contributed by atoms with Gasteiger partial charge < -0.3 is 14.4 Å². The van der Waals surface area contributed by atoms with Crippen molar-refractivity contribution in [2.24, 2.45) is 0 Å². The van der Waals surface area contributed by atoms with Crippen molar-refractivity contribution in [1.29, 1.82) is 0 Å². The molecule has 0 N–H and O–H groups in total. The quantitative estimate of drug-likeness (QED) is 0.621. The number of hydrogen-bond donors (Lipinski definition) is 0. The highest BCUT2D eigenvalue weighted by atomic mass is 16.5. The molecule has 172 valence electrons. The zero-order valence-electron chi connectivity index (χ0n) is 19.1. The largest absolute Gasteiger partial charge is 0.490 e. The Morgan fingerprint density at radius 3 is 2.56 bits per heavy atom. The topological polar surface area (TPSA) is 54.9 Å². The van der Waals surface area contributed by atoms with E-state index in [0.717, 1.165) is 81.9 Å². The Labute approximate surface area is 191 Å². The summed E-state index contributed by atoms with van der Waals surface area (Å²) in [5.41, 5.74) is 1.84. The van der Waals surface area contributed by atoms with Crippen molar-refractivity contribution < 1.29 is 14.3 Å². The molecule has 6 heteroatoms. The predicted molar refractivity (Wildman–Crippen MR) is 125 cm³/mol. The minimum absolute atomic E-state index is 0.0872. The zero-order valence-corrected chi connectivity index (χ0v) is 19.1. The maximum absolute atomic E-state index is 12.9. The standard InChI is InChI=1S/C26H35N3O3/c1-2-18-31-25-7-5-15-29(20-25)26(30)21-8-10-23(11-9-21)32-24-12-16-28(17-13-24)19-22-6-3-4-14-27-22/h3-4,6,8-11,14,24-25H,2,5,7,12-13,15-20H2,1H3/t25-/m1/s1. The van der Waals surface area contributed by atoms with Crippen molar-refractivity contribution in [3.8, 4) is 5.75 Å². The molecule has 0 spiro atoms. The third-order valence-electron chi connectivity index (χ3n) is 6.27. The molecule has 6 nitrogen and oxygen atoms in total. The number of nitrogens with zero attached hydrogens (tertiary/aromatic N) is 3. The Morgan fingerprint density at radius 2 is 1.84 bits per heavy atom. The number of likely N-dealkylation sites (tertiary alicyclic amines) is 2. The van der Waals surface area contributed by atoms with E-state index in [2.05, 4.69) is 22.9 Å². The summed E-state index contributed by atoms with van der Waals surface area (Å²) in [5, 5.41) is 0. The van der Waals surface area contributed by atoms with Crippen molar-refractivity contribution in [1.82, 2.24) is 14.8 Å². The Bertz CT molecular complexity index is 835. The first-order valence-electron chi connectivity index (χ1n) is 12.0. The number of carbonyl (C=O) groups excluding carboxylic acids is 1. The fraction of sp³-hybridized carbons (Fsp3) is 0.538. The van der Waals surface area contributed by atoms with Gasteiger partial charge in [-0.2, -0.15) is 0 Å². The van der Waals surface area contributed by atoms with Gasteiger partial charge in [0.15, 0.2) is 0 Å². The molecule has 4 rings (SSSR count). The van der Waals surface area contributed by atoms with Gasteiger partial charge in [0.25, 0.3) is 5.91 Å². The molecule has 3 heterocycles. The van der Waals surface area contributed by atoms with E-state index in [-0.39, 0.29) is 18.1 Å². The SMILES string of the molecule is CCCO[C@@H]1CCCN(C(=O)c2ccc(OC3CCN(Cc4ccccn4)CC3)cc2)C1. The molecule has 2 aliphatic heterocycles. The number of rotatable bonds is 8. The molecule has 1 atom stereocenters. The summed E-state index contributed by atoms with van der Waals surface area (Å²) in [6.07, 6.45) is 7.28. The van der Waals surface area contributed by atoms with E-state index in [1.807, 2.05) is 47.5 Å². The summed E-state index contributed by atoms with van der Waals surface area (Å²) in [4.78, 5) is 21.7. The molecular formula is C26H35N3O3. The van der Waals surface area contributed by atoms with Crippen LogP contribution in [0.2, 0.25) is 0 Å². The molecule has 1 aromatic carbocycles. The second kappa shape index (κ2) is 11.4. The molecule has 0 unspecified atom stereocenters. The first kappa shape index (κ1) is 22.7. The van der Waals surface area contributed by atoms with Crippen molar-refractivity contribution in [2.45, 2.75) is 57.8 Å². The lowest BCUT2D eigenvalue weighted by Gasteiger charge is -2.33. The second-order valence-corrected chi connectivity index (χ2v) is 8.83. The summed E-state index contributed by atoms with van der Waals surface area (Å²) in [6, 6.07) is 13.7. The molecule has 2 aromatic rings. The third-order valence-corrected chi connectivity index (χ3v) is 6.27. The fourth-order valence-corrected chi connectivity index (χ4v) is 4.50. The van der Waals surface area contributed by atoms with Crippen molar-refractivity contribution in [3.63, 3.8) is 0 Å². The lowest BCUT2D eigenvalue weighted by Crippen LogP contribution is -2.43.